The lowest BCUT2D eigenvalue weighted by Gasteiger charge is -2.22. The van der Waals surface area contributed by atoms with Gasteiger partial charge in [0.15, 0.2) is 5.96 Å². The van der Waals surface area contributed by atoms with Gasteiger partial charge in [-0.3, -0.25) is 9.67 Å². The Bertz CT molecular complexity index is 653. The van der Waals surface area contributed by atoms with Gasteiger partial charge in [-0.1, -0.05) is 0 Å². The van der Waals surface area contributed by atoms with Crippen LogP contribution in [0.1, 0.15) is 5.82 Å². The van der Waals surface area contributed by atoms with Gasteiger partial charge in [-0.2, -0.15) is 5.10 Å². The van der Waals surface area contributed by atoms with E-state index in [9.17, 15) is 0 Å². The molecule has 8 heteroatoms. The highest BCUT2D eigenvalue weighted by Crippen LogP contribution is 2.16. The van der Waals surface area contributed by atoms with E-state index in [1.165, 1.54) is 6.33 Å². The van der Waals surface area contributed by atoms with Gasteiger partial charge >= 0.3 is 0 Å². The highest BCUT2D eigenvalue weighted by Gasteiger charge is 2.08. The molecule has 1 aromatic heterocycles. The first kappa shape index (κ1) is 17.6. The number of aryl methyl sites for hydroxylation is 1. The Labute approximate surface area is 142 Å². The van der Waals surface area contributed by atoms with Crippen molar-refractivity contribution in [2.24, 2.45) is 12.0 Å². The van der Waals surface area contributed by atoms with E-state index in [1.807, 2.05) is 43.3 Å². The number of ether oxygens (including phenoxy) is 2. The lowest BCUT2D eigenvalue weighted by molar-refractivity contribution is 0.281. The van der Waals surface area contributed by atoms with E-state index in [1.54, 1.807) is 18.8 Å². The Hall–Kier alpha value is -2.77. The highest BCUT2D eigenvalue weighted by molar-refractivity contribution is 5.79. The number of aliphatic imine (C=N–C) groups is 1. The van der Waals surface area contributed by atoms with Gasteiger partial charge in [-0.25, -0.2) is 4.98 Å². The molecular weight excluding hydrogens is 308 g/mol. The Morgan fingerprint density at radius 3 is 2.58 bits per heavy atom. The second-order valence-electron chi connectivity index (χ2n) is 5.15. The van der Waals surface area contributed by atoms with Crippen molar-refractivity contribution in [3.8, 4) is 11.5 Å². The van der Waals surface area contributed by atoms with Gasteiger partial charge in [-0.05, 0) is 24.3 Å². The van der Waals surface area contributed by atoms with Crippen LogP contribution in [0, 0.1) is 0 Å². The predicted molar refractivity (Wildman–Crippen MR) is 92.3 cm³/mol. The van der Waals surface area contributed by atoms with Crippen molar-refractivity contribution in [1.82, 2.24) is 25.0 Å². The van der Waals surface area contributed by atoms with E-state index >= 15 is 0 Å². The number of nitrogens with one attached hydrogen (secondary N) is 1. The molecule has 0 aliphatic carbocycles. The smallest absolute Gasteiger partial charge is 0.193 e. The molecule has 0 aliphatic heterocycles. The van der Waals surface area contributed by atoms with Crippen LogP contribution in [0.25, 0.3) is 0 Å². The number of likely N-dealkylation sites (N-methyl/N-ethyl adjacent to an activating group) is 1. The van der Waals surface area contributed by atoms with Crippen molar-refractivity contribution in [3.05, 3.63) is 36.4 Å². The fraction of sp³-hybridized carbons (Fsp3) is 0.438. The van der Waals surface area contributed by atoms with Crippen molar-refractivity contribution in [2.45, 2.75) is 6.54 Å². The monoisotopic (exact) mass is 332 g/mol. The maximum Gasteiger partial charge on any atom is 0.193 e. The fourth-order valence-corrected chi connectivity index (χ4v) is 2.10. The molecule has 8 nitrogen and oxygen atoms in total. The lowest BCUT2D eigenvalue weighted by atomic mass is 10.3. The number of hydrogen-bond acceptors (Lipinski definition) is 5. The van der Waals surface area contributed by atoms with Crippen LogP contribution in [0.4, 0.5) is 0 Å². The van der Waals surface area contributed by atoms with Gasteiger partial charge < -0.3 is 19.7 Å². The van der Waals surface area contributed by atoms with Crippen LogP contribution in [-0.4, -0.2) is 60.0 Å². The van der Waals surface area contributed by atoms with E-state index in [-0.39, 0.29) is 0 Å². The minimum absolute atomic E-state index is 0.549. The summed E-state index contributed by atoms with van der Waals surface area (Å²) in [5.74, 6) is 3.24. The number of benzene rings is 1. The normalized spacial score (nSPS) is 11.2. The van der Waals surface area contributed by atoms with Crippen molar-refractivity contribution in [3.63, 3.8) is 0 Å². The minimum atomic E-state index is 0.549. The molecular formula is C16H24N6O2. The Morgan fingerprint density at radius 1 is 1.29 bits per heavy atom. The third-order valence-electron chi connectivity index (χ3n) is 3.54. The second kappa shape index (κ2) is 8.76. The molecule has 1 N–H and O–H groups in total. The van der Waals surface area contributed by atoms with Crippen LogP contribution in [0.15, 0.2) is 35.6 Å². The van der Waals surface area contributed by atoms with Crippen molar-refractivity contribution in [2.75, 3.05) is 34.4 Å². The number of guanidine groups is 1. The van der Waals surface area contributed by atoms with Crippen LogP contribution in [-0.2, 0) is 13.6 Å². The summed E-state index contributed by atoms with van der Waals surface area (Å²) in [6, 6.07) is 7.53. The van der Waals surface area contributed by atoms with Gasteiger partial charge in [-0.15, -0.1) is 0 Å². The first-order valence-corrected chi connectivity index (χ1v) is 7.65. The fourth-order valence-electron chi connectivity index (χ4n) is 2.10. The van der Waals surface area contributed by atoms with Crippen molar-refractivity contribution >= 4 is 5.96 Å². The summed E-state index contributed by atoms with van der Waals surface area (Å²) in [5.41, 5.74) is 0. The molecule has 1 heterocycles. The molecule has 0 unspecified atom stereocenters. The molecule has 0 bridgehead atoms. The summed E-state index contributed by atoms with van der Waals surface area (Å²) >= 11 is 0. The van der Waals surface area contributed by atoms with Gasteiger partial charge in [0.2, 0.25) is 0 Å². The highest BCUT2D eigenvalue weighted by atomic mass is 16.5. The summed E-state index contributed by atoms with van der Waals surface area (Å²) in [5, 5.41) is 7.30. The number of hydrogen-bond donors (Lipinski definition) is 1. The Kier molecular flexibility index (Phi) is 6.41. The van der Waals surface area contributed by atoms with Crippen molar-refractivity contribution in [1.29, 1.82) is 0 Å². The molecule has 130 valence electrons. The van der Waals surface area contributed by atoms with Gasteiger partial charge in [0.1, 0.15) is 30.3 Å². The Morgan fingerprint density at radius 2 is 2.00 bits per heavy atom. The minimum Gasteiger partial charge on any atom is -0.497 e. The van der Waals surface area contributed by atoms with E-state index in [0.717, 1.165) is 23.3 Å². The van der Waals surface area contributed by atoms with Crippen LogP contribution in [0.5, 0.6) is 11.5 Å². The van der Waals surface area contributed by atoms with Crippen LogP contribution < -0.4 is 14.8 Å². The molecule has 0 aliphatic rings. The van der Waals surface area contributed by atoms with E-state index in [0.29, 0.717) is 19.7 Å². The molecule has 0 saturated carbocycles. The standard InChI is InChI=1S/C16H24N6O2/c1-17-16(18-11-15-19-12-20-22(15)3)21(2)9-10-24-14-7-5-13(23-4)6-8-14/h5-8,12H,9-11H2,1-4H3,(H,17,18). The molecule has 0 amide bonds. The maximum atomic E-state index is 5.73. The summed E-state index contributed by atoms with van der Waals surface area (Å²) in [7, 11) is 7.22. The Balaban J connectivity index is 1.77. The number of nitrogens with zero attached hydrogens (tertiary/aromatic N) is 5. The van der Waals surface area contributed by atoms with Gasteiger partial charge in [0, 0.05) is 21.1 Å². The van der Waals surface area contributed by atoms with Crippen molar-refractivity contribution < 1.29 is 9.47 Å². The zero-order valence-electron chi connectivity index (χ0n) is 14.6. The molecule has 0 saturated heterocycles. The van der Waals surface area contributed by atoms with Gasteiger partial charge in [0.05, 0.1) is 20.2 Å². The SMILES string of the molecule is CN=C(NCc1ncnn1C)N(C)CCOc1ccc(OC)cc1. The summed E-state index contributed by atoms with van der Waals surface area (Å²) in [6.07, 6.45) is 1.53. The predicted octanol–water partition coefficient (Wildman–Crippen LogP) is 0.910. The van der Waals surface area contributed by atoms with Crippen LogP contribution in [0.3, 0.4) is 0 Å². The summed E-state index contributed by atoms with van der Waals surface area (Å²) < 4.78 is 12.6. The number of methoxy groups -OCH3 is 1. The lowest BCUT2D eigenvalue weighted by Crippen LogP contribution is -2.40. The van der Waals surface area contributed by atoms with Crippen LogP contribution >= 0.6 is 0 Å². The molecule has 0 atom stereocenters. The molecule has 0 spiro atoms. The first-order valence-electron chi connectivity index (χ1n) is 7.65. The quantitative estimate of drug-likeness (QED) is 0.600. The van der Waals surface area contributed by atoms with Gasteiger partial charge in [0.25, 0.3) is 0 Å². The average Bonchev–Trinajstić information content (AvgIpc) is 3.01. The topological polar surface area (TPSA) is 76.8 Å². The molecule has 1 aromatic carbocycles. The largest absolute Gasteiger partial charge is 0.497 e. The molecule has 2 aromatic rings. The van der Waals surface area contributed by atoms with E-state index < -0.39 is 0 Å². The summed E-state index contributed by atoms with van der Waals surface area (Å²) in [4.78, 5) is 10.4. The molecule has 0 radical (unpaired) electrons. The second-order valence-corrected chi connectivity index (χ2v) is 5.15. The number of aromatic nitrogens is 3. The third kappa shape index (κ3) is 4.87. The third-order valence-corrected chi connectivity index (χ3v) is 3.54. The molecule has 2 rings (SSSR count). The summed E-state index contributed by atoms with van der Waals surface area (Å²) in [6.45, 7) is 1.81. The number of rotatable bonds is 7. The van der Waals surface area contributed by atoms with E-state index in [4.69, 9.17) is 9.47 Å². The molecule has 24 heavy (non-hydrogen) atoms. The zero-order valence-corrected chi connectivity index (χ0v) is 14.6. The first-order chi connectivity index (χ1) is 11.6. The van der Waals surface area contributed by atoms with E-state index in [2.05, 4.69) is 20.4 Å². The average molecular weight is 332 g/mol. The molecule has 0 fully saturated rings. The van der Waals surface area contributed by atoms with Crippen LogP contribution in [0.2, 0.25) is 0 Å². The zero-order chi connectivity index (χ0) is 17.4. The maximum absolute atomic E-state index is 5.73.